The van der Waals surface area contributed by atoms with Gasteiger partial charge in [0, 0.05) is 10.2 Å². The Hall–Kier alpha value is -1.57. The summed E-state index contributed by atoms with van der Waals surface area (Å²) in [5.41, 5.74) is 1.15. The number of nitrogens with zero attached hydrogens (tertiary/aromatic N) is 2. The molecule has 0 atom stereocenters. The first-order valence-corrected chi connectivity index (χ1v) is 6.28. The van der Waals surface area contributed by atoms with Crippen LogP contribution < -0.4 is 4.74 Å². The van der Waals surface area contributed by atoms with Crippen LogP contribution in [0.25, 0.3) is 0 Å². The molecule has 18 heavy (non-hydrogen) atoms. The number of pyridine rings is 1. The van der Waals surface area contributed by atoms with Crippen LogP contribution in [0.3, 0.4) is 0 Å². The lowest BCUT2D eigenvalue weighted by Gasteiger charge is -2.08. The van der Waals surface area contributed by atoms with Gasteiger partial charge in [-0.25, -0.2) is 4.98 Å². The van der Waals surface area contributed by atoms with Gasteiger partial charge in [0.05, 0.1) is 5.02 Å². The molecule has 90 valence electrons. The Morgan fingerprint density at radius 2 is 2.11 bits per heavy atom. The fourth-order valence-electron chi connectivity index (χ4n) is 1.36. The third-order valence-corrected chi connectivity index (χ3v) is 3.03. The van der Waals surface area contributed by atoms with Crippen LogP contribution in [-0.2, 0) is 0 Å². The molecule has 1 heterocycles. The van der Waals surface area contributed by atoms with Crippen LogP contribution in [0.2, 0.25) is 5.02 Å². The smallest absolute Gasteiger partial charge is 0.237 e. The number of rotatable bonds is 2. The standard InChI is InChI=1S/C13H8BrClN2O/c1-8-2-3-9(7-16)13(17-8)18-12-6-10(14)4-5-11(12)15/h2-6H,1H3. The van der Waals surface area contributed by atoms with E-state index in [1.54, 1.807) is 24.3 Å². The van der Waals surface area contributed by atoms with Crippen LogP contribution in [0.15, 0.2) is 34.8 Å². The van der Waals surface area contributed by atoms with Crippen LogP contribution in [0.4, 0.5) is 0 Å². The van der Waals surface area contributed by atoms with E-state index in [0.717, 1.165) is 10.2 Å². The first-order valence-electron chi connectivity index (χ1n) is 5.11. The second-order valence-corrected chi connectivity index (χ2v) is 4.92. The summed E-state index contributed by atoms with van der Waals surface area (Å²) in [5, 5.41) is 9.46. The van der Waals surface area contributed by atoms with Gasteiger partial charge in [-0.05, 0) is 37.3 Å². The van der Waals surface area contributed by atoms with E-state index in [1.807, 2.05) is 19.1 Å². The maximum atomic E-state index is 9.00. The number of halogens is 2. The topological polar surface area (TPSA) is 45.9 Å². The SMILES string of the molecule is Cc1ccc(C#N)c(Oc2cc(Br)ccc2Cl)n1. The summed E-state index contributed by atoms with van der Waals surface area (Å²) in [6.07, 6.45) is 0. The maximum absolute atomic E-state index is 9.00. The van der Waals surface area contributed by atoms with Crippen LogP contribution in [-0.4, -0.2) is 4.98 Å². The summed E-state index contributed by atoms with van der Waals surface area (Å²) < 4.78 is 6.44. The Morgan fingerprint density at radius 3 is 2.83 bits per heavy atom. The molecule has 1 aromatic heterocycles. The van der Waals surface area contributed by atoms with E-state index in [9.17, 15) is 0 Å². The molecule has 0 saturated heterocycles. The molecule has 2 aromatic rings. The highest BCUT2D eigenvalue weighted by Gasteiger charge is 2.09. The molecule has 0 aliphatic carbocycles. The molecule has 0 aliphatic rings. The monoisotopic (exact) mass is 322 g/mol. The van der Waals surface area contributed by atoms with Crippen molar-refractivity contribution in [3.05, 3.63) is 51.1 Å². The highest BCUT2D eigenvalue weighted by Crippen LogP contribution is 2.32. The summed E-state index contributed by atoms with van der Waals surface area (Å²) in [5.74, 6) is 0.721. The van der Waals surface area contributed by atoms with Crippen molar-refractivity contribution in [2.45, 2.75) is 6.92 Å². The van der Waals surface area contributed by atoms with Gasteiger partial charge >= 0.3 is 0 Å². The molecule has 2 rings (SSSR count). The van der Waals surface area contributed by atoms with Crippen LogP contribution in [0, 0.1) is 18.3 Å². The lowest BCUT2D eigenvalue weighted by atomic mass is 10.2. The van der Waals surface area contributed by atoms with Crippen molar-refractivity contribution >= 4 is 27.5 Å². The van der Waals surface area contributed by atoms with Gasteiger partial charge in [-0.15, -0.1) is 0 Å². The Kier molecular flexibility index (Phi) is 3.85. The predicted molar refractivity (Wildman–Crippen MR) is 72.9 cm³/mol. The minimum Gasteiger partial charge on any atom is -0.436 e. The lowest BCUT2D eigenvalue weighted by molar-refractivity contribution is 0.460. The third kappa shape index (κ3) is 2.81. The number of benzene rings is 1. The molecule has 0 radical (unpaired) electrons. The molecule has 0 spiro atoms. The highest BCUT2D eigenvalue weighted by molar-refractivity contribution is 9.10. The quantitative estimate of drug-likeness (QED) is 0.819. The number of hydrogen-bond donors (Lipinski definition) is 0. The van der Waals surface area contributed by atoms with E-state index < -0.39 is 0 Å². The number of aryl methyl sites for hydroxylation is 1. The van der Waals surface area contributed by atoms with Crippen molar-refractivity contribution in [3.8, 4) is 17.7 Å². The second kappa shape index (κ2) is 5.38. The van der Waals surface area contributed by atoms with E-state index in [4.69, 9.17) is 21.6 Å². The third-order valence-electron chi connectivity index (χ3n) is 2.22. The molecule has 0 amide bonds. The molecule has 0 saturated carbocycles. The van der Waals surface area contributed by atoms with Gasteiger partial charge in [-0.3, -0.25) is 0 Å². The summed E-state index contributed by atoms with van der Waals surface area (Å²) in [4.78, 5) is 4.19. The number of hydrogen-bond acceptors (Lipinski definition) is 3. The molecule has 0 unspecified atom stereocenters. The minimum atomic E-state index is 0.262. The van der Waals surface area contributed by atoms with E-state index in [0.29, 0.717) is 16.3 Å². The zero-order valence-electron chi connectivity index (χ0n) is 9.45. The first-order chi connectivity index (χ1) is 8.60. The van der Waals surface area contributed by atoms with Crippen LogP contribution >= 0.6 is 27.5 Å². The van der Waals surface area contributed by atoms with E-state index in [-0.39, 0.29) is 5.88 Å². The molecular weight excluding hydrogens is 316 g/mol. The van der Waals surface area contributed by atoms with Crippen molar-refractivity contribution in [2.24, 2.45) is 0 Å². The largest absolute Gasteiger partial charge is 0.436 e. The average Bonchev–Trinajstić information content (AvgIpc) is 2.34. The van der Waals surface area contributed by atoms with Gasteiger partial charge in [-0.1, -0.05) is 27.5 Å². The van der Waals surface area contributed by atoms with E-state index >= 15 is 0 Å². The summed E-state index contributed by atoms with van der Waals surface area (Å²) in [7, 11) is 0. The lowest BCUT2D eigenvalue weighted by Crippen LogP contribution is -1.94. The number of aromatic nitrogens is 1. The Balaban J connectivity index is 2.43. The molecule has 0 bridgehead atoms. The van der Waals surface area contributed by atoms with Crippen molar-refractivity contribution in [1.82, 2.24) is 4.98 Å². The van der Waals surface area contributed by atoms with E-state index in [1.165, 1.54) is 0 Å². The number of nitriles is 1. The van der Waals surface area contributed by atoms with Gasteiger partial charge in [0.15, 0.2) is 0 Å². The van der Waals surface area contributed by atoms with Crippen molar-refractivity contribution in [1.29, 1.82) is 5.26 Å². The highest BCUT2D eigenvalue weighted by atomic mass is 79.9. The average molecular weight is 324 g/mol. The van der Waals surface area contributed by atoms with Crippen molar-refractivity contribution in [2.75, 3.05) is 0 Å². The molecular formula is C13H8BrClN2O. The predicted octanol–water partition coefficient (Wildman–Crippen LogP) is 4.47. The Labute approximate surface area is 118 Å². The summed E-state index contributed by atoms with van der Waals surface area (Å²) in [6, 6.07) is 10.7. The fraction of sp³-hybridized carbons (Fsp3) is 0.0769. The van der Waals surface area contributed by atoms with Crippen LogP contribution in [0.1, 0.15) is 11.3 Å². The Bertz CT molecular complexity index is 637. The minimum absolute atomic E-state index is 0.262. The summed E-state index contributed by atoms with van der Waals surface area (Å²) in [6.45, 7) is 1.83. The van der Waals surface area contributed by atoms with Crippen LogP contribution in [0.5, 0.6) is 11.6 Å². The fourth-order valence-corrected chi connectivity index (χ4v) is 1.85. The molecule has 1 aromatic carbocycles. The zero-order chi connectivity index (χ0) is 13.1. The molecule has 0 aliphatic heterocycles. The molecule has 0 fully saturated rings. The van der Waals surface area contributed by atoms with Gasteiger partial charge in [0.2, 0.25) is 5.88 Å². The second-order valence-electron chi connectivity index (χ2n) is 3.59. The maximum Gasteiger partial charge on any atom is 0.237 e. The van der Waals surface area contributed by atoms with Gasteiger partial charge in [0.25, 0.3) is 0 Å². The first kappa shape index (κ1) is 12.9. The number of ether oxygens (including phenoxy) is 1. The van der Waals surface area contributed by atoms with Gasteiger partial charge in [-0.2, -0.15) is 5.26 Å². The van der Waals surface area contributed by atoms with Crippen molar-refractivity contribution < 1.29 is 4.74 Å². The molecule has 3 nitrogen and oxygen atoms in total. The Morgan fingerprint density at radius 1 is 1.33 bits per heavy atom. The van der Waals surface area contributed by atoms with Gasteiger partial charge < -0.3 is 4.74 Å². The zero-order valence-corrected chi connectivity index (χ0v) is 11.8. The van der Waals surface area contributed by atoms with E-state index in [2.05, 4.69) is 20.9 Å². The normalized spacial score (nSPS) is 9.89. The summed E-state index contributed by atoms with van der Waals surface area (Å²) >= 11 is 9.36. The molecule has 0 N–H and O–H groups in total. The van der Waals surface area contributed by atoms with Gasteiger partial charge in [0.1, 0.15) is 17.4 Å². The van der Waals surface area contributed by atoms with Crippen molar-refractivity contribution in [3.63, 3.8) is 0 Å². The molecule has 5 heteroatoms.